The Bertz CT molecular complexity index is 1290. The molecule has 0 spiro atoms. The third-order valence-electron chi connectivity index (χ3n) is 4.98. The number of benzene rings is 3. The van der Waals surface area contributed by atoms with Crippen LogP contribution in [0.2, 0.25) is 5.02 Å². The van der Waals surface area contributed by atoms with Crippen molar-refractivity contribution in [3.8, 4) is 11.5 Å². The summed E-state index contributed by atoms with van der Waals surface area (Å²) >= 11 is 6.44. The molecule has 0 bridgehead atoms. The first kappa shape index (κ1) is 23.0. The van der Waals surface area contributed by atoms with Crippen molar-refractivity contribution in [2.45, 2.75) is 6.42 Å². The number of halogens is 1. The average molecular weight is 479 g/mol. The quantitative estimate of drug-likeness (QED) is 0.190. The van der Waals surface area contributed by atoms with Crippen LogP contribution < -0.4 is 9.47 Å². The Morgan fingerprint density at radius 3 is 2.53 bits per heavy atom. The fourth-order valence-corrected chi connectivity index (χ4v) is 3.57. The highest BCUT2D eigenvalue weighted by Gasteiger charge is 2.25. The van der Waals surface area contributed by atoms with Gasteiger partial charge in [0.2, 0.25) is 5.90 Å². The number of carbonyl (C=O) groups is 1. The van der Waals surface area contributed by atoms with Gasteiger partial charge in [0, 0.05) is 24.1 Å². The standard InChI is InChI=1S/C25H19ClN2O6/c1-32-22-15-17(13-20(26)23(22)33-12-11-16-5-3-2-4-6-16)14-21-25(29)34-24(27-21)18-7-9-19(10-8-18)28(30)31/h2-10,13-15H,11-12H2,1H3/b21-14-. The third-order valence-corrected chi connectivity index (χ3v) is 5.26. The summed E-state index contributed by atoms with van der Waals surface area (Å²) in [5.74, 6) is 0.237. The van der Waals surface area contributed by atoms with E-state index in [0.29, 0.717) is 40.7 Å². The Labute approximate surface area is 200 Å². The molecule has 0 saturated heterocycles. The fourth-order valence-electron chi connectivity index (χ4n) is 3.30. The summed E-state index contributed by atoms with van der Waals surface area (Å²) in [6, 6.07) is 18.8. The Morgan fingerprint density at radius 2 is 1.85 bits per heavy atom. The summed E-state index contributed by atoms with van der Waals surface area (Å²) in [6.07, 6.45) is 2.22. The molecule has 0 unspecified atom stereocenters. The van der Waals surface area contributed by atoms with Crippen molar-refractivity contribution in [3.05, 3.63) is 104 Å². The van der Waals surface area contributed by atoms with Gasteiger partial charge in [-0.25, -0.2) is 9.79 Å². The summed E-state index contributed by atoms with van der Waals surface area (Å²) < 4.78 is 16.5. The molecule has 0 amide bonds. The van der Waals surface area contributed by atoms with Crippen molar-refractivity contribution >= 4 is 35.2 Å². The molecule has 0 saturated carbocycles. The number of nitro groups is 1. The summed E-state index contributed by atoms with van der Waals surface area (Å²) in [6.45, 7) is 0.412. The lowest BCUT2D eigenvalue weighted by Crippen LogP contribution is -2.05. The van der Waals surface area contributed by atoms with Gasteiger partial charge < -0.3 is 14.2 Å². The largest absolute Gasteiger partial charge is 0.493 e. The van der Waals surface area contributed by atoms with Crippen LogP contribution in [0.25, 0.3) is 6.08 Å². The molecule has 34 heavy (non-hydrogen) atoms. The molecular formula is C25H19ClN2O6. The van der Waals surface area contributed by atoms with E-state index >= 15 is 0 Å². The number of esters is 1. The molecule has 0 atom stereocenters. The summed E-state index contributed by atoms with van der Waals surface area (Å²) in [4.78, 5) is 26.8. The Hall–Kier alpha value is -4.17. The number of hydrogen-bond acceptors (Lipinski definition) is 7. The third kappa shape index (κ3) is 5.24. The molecule has 1 aliphatic rings. The van der Waals surface area contributed by atoms with E-state index in [1.807, 2.05) is 30.3 Å². The van der Waals surface area contributed by atoms with Gasteiger partial charge in [-0.3, -0.25) is 10.1 Å². The zero-order chi connectivity index (χ0) is 24.1. The molecule has 0 N–H and O–H groups in total. The predicted octanol–water partition coefficient (Wildman–Crippen LogP) is 5.22. The maximum Gasteiger partial charge on any atom is 0.363 e. The molecular weight excluding hydrogens is 460 g/mol. The van der Waals surface area contributed by atoms with Gasteiger partial charge in [0.15, 0.2) is 17.2 Å². The predicted molar refractivity (Wildman–Crippen MR) is 127 cm³/mol. The van der Waals surface area contributed by atoms with Gasteiger partial charge in [-0.2, -0.15) is 0 Å². The monoisotopic (exact) mass is 478 g/mol. The number of ether oxygens (including phenoxy) is 3. The van der Waals surface area contributed by atoms with Crippen molar-refractivity contribution in [2.24, 2.45) is 4.99 Å². The van der Waals surface area contributed by atoms with E-state index in [9.17, 15) is 14.9 Å². The highest BCUT2D eigenvalue weighted by molar-refractivity contribution is 6.32. The highest BCUT2D eigenvalue weighted by atomic mass is 35.5. The van der Waals surface area contributed by atoms with E-state index < -0.39 is 10.9 Å². The molecule has 0 radical (unpaired) electrons. The number of methoxy groups -OCH3 is 1. The van der Waals surface area contributed by atoms with Gasteiger partial charge in [0.1, 0.15) is 0 Å². The van der Waals surface area contributed by atoms with Gasteiger partial charge in [0.25, 0.3) is 5.69 Å². The first-order valence-corrected chi connectivity index (χ1v) is 10.6. The second kappa shape index (κ2) is 10.2. The van der Waals surface area contributed by atoms with E-state index in [4.69, 9.17) is 25.8 Å². The molecule has 3 aromatic rings. The number of hydrogen-bond donors (Lipinski definition) is 0. The molecule has 3 aromatic carbocycles. The molecule has 8 nitrogen and oxygen atoms in total. The zero-order valence-electron chi connectivity index (χ0n) is 18.1. The molecule has 0 fully saturated rings. The summed E-state index contributed by atoms with van der Waals surface area (Å²) in [7, 11) is 1.50. The van der Waals surface area contributed by atoms with Crippen LogP contribution in [-0.4, -0.2) is 30.5 Å². The van der Waals surface area contributed by atoms with Crippen LogP contribution in [0.15, 0.2) is 77.4 Å². The molecule has 4 rings (SSSR count). The van der Waals surface area contributed by atoms with Crippen molar-refractivity contribution in [3.63, 3.8) is 0 Å². The number of cyclic esters (lactones) is 1. The number of aliphatic imine (C=N–C) groups is 1. The molecule has 172 valence electrons. The van der Waals surface area contributed by atoms with Crippen LogP contribution in [0.1, 0.15) is 16.7 Å². The summed E-state index contributed by atoms with van der Waals surface area (Å²) in [5, 5.41) is 11.1. The fraction of sp³-hybridized carbons (Fsp3) is 0.120. The smallest absolute Gasteiger partial charge is 0.363 e. The second-order valence-electron chi connectivity index (χ2n) is 7.26. The van der Waals surface area contributed by atoms with Gasteiger partial charge >= 0.3 is 5.97 Å². The first-order chi connectivity index (χ1) is 16.4. The van der Waals surface area contributed by atoms with Gasteiger partial charge in [-0.15, -0.1) is 0 Å². The van der Waals surface area contributed by atoms with Crippen molar-refractivity contribution in [2.75, 3.05) is 13.7 Å². The summed E-state index contributed by atoms with van der Waals surface area (Å²) in [5.41, 5.74) is 2.14. The number of nitro benzene ring substituents is 1. The average Bonchev–Trinajstić information content (AvgIpc) is 3.20. The van der Waals surface area contributed by atoms with Crippen LogP contribution in [-0.2, 0) is 16.0 Å². The van der Waals surface area contributed by atoms with Crippen LogP contribution in [0, 0.1) is 10.1 Å². The highest BCUT2D eigenvalue weighted by Crippen LogP contribution is 2.37. The van der Waals surface area contributed by atoms with Crippen LogP contribution in [0.3, 0.4) is 0 Å². The molecule has 1 aliphatic heterocycles. The minimum atomic E-state index is -0.647. The van der Waals surface area contributed by atoms with E-state index in [-0.39, 0.29) is 17.3 Å². The molecule has 1 heterocycles. The molecule has 0 aliphatic carbocycles. The first-order valence-electron chi connectivity index (χ1n) is 10.3. The van der Waals surface area contributed by atoms with Crippen LogP contribution in [0.4, 0.5) is 5.69 Å². The minimum Gasteiger partial charge on any atom is -0.493 e. The number of nitrogens with zero attached hydrogens (tertiary/aromatic N) is 2. The lowest BCUT2D eigenvalue weighted by Gasteiger charge is -2.13. The lowest BCUT2D eigenvalue weighted by molar-refractivity contribution is -0.384. The molecule has 0 aromatic heterocycles. The normalized spacial score (nSPS) is 14.0. The maximum atomic E-state index is 12.3. The van der Waals surface area contributed by atoms with E-state index in [0.717, 1.165) is 5.56 Å². The molecule has 9 heteroatoms. The van der Waals surface area contributed by atoms with Crippen molar-refractivity contribution in [1.29, 1.82) is 0 Å². The van der Waals surface area contributed by atoms with Crippen molar-refractivity contribution in [1.82, 2.24) is 0 Å². The van der Waals surface area contributed by atoms with Gasteiger partial charge in [0.05, 0.1) is 23.7 Å². The SMILES string of the molecule is COc1cc(/C=C2\N=C(c3ccc([N+](=O)[O-])cc3)OC2=O)cc(Cl)c1OCCc1ccccc1. The maximum absolute atomic E-state index is 12.3. The Kier molecular flexibility index (Phi) is 6.89. The van der Waals surface area contributed by atoms with E-state index in [1.165, 1.54) is 37.5 Å². The van der Waals surface area contributed by atoms with Crippen LogP contribution in [0.5, 0.6) is 11.5 Å². The second-order valence-corrected chi connectivity index (χ2v) is 7.67. The minimum absolute atomic E-state index is 0.0595. The van der Waals surface area contributed by atoms with Gasteiger partial charge in [-0.05, 0) is 41.5 Å². The Balaban J connectivity index is 1.53. The number of non-ortho nitro benzene ring substituents is 1. The zero-order valence-corrected chi connectivity index (χ0v) is 18.8. The van der Waals surface area contributed by atoms with E-state index in [1.54, 1.807) is 12.1 Å². The number of carbonyl (C=O) groups excluding carboxylic acids is 1. The lowest BCUT2D eigenvalue weighted by atomic mass is 10.1. The Morgan fingerprint density at radius 1 is 1.12 bits per heavy atom. The number of rotatable bonds is 8. The van der Waals surface area contributed by atoms with Crippen molar-refractivity contribution < 1.29 is 23.9 Å². The van der Waals surface area contributed by atoms with E-state index in [2.05, 4.69) is 4.99 Å². The topological polar surface area (TPSA) is 100 Å². The van der Waals surface area contributed by atoms with Gasteiger partial charge in [-0.1, -0.05) is 41.9 Å². The van der Waals surface area contributed by atoms with Crippen LogP contribution >= 0.6 is 11.6 Å².